The molecule has 18 heavy (non-hydrogen) atoms. The lowest BCUT2D eigenvalue weighted by Gasteiger charge is -2.37. The molecule has 0 spiro atoms. The molecule has 0 aromatic carbocycles. The molecular weight excluding hydrogens is 228 g/mol. The molecular formula is C14H24N2O2. The van der Waals surface area contributed by atoms with Crippen LogP contribution in [0.15, 0.2) is 0 Å². The molecule has 1 aliphatic carbocycles. The summed E-state index contributed by atoms with van der Waals surface area (Å²) in [7, 11) is 0. The Labute approximate surface area is 109 Å². The maximum Gasteiger partial charge on any atom is 0.245 e. The maximum absolute atomic E-state index is 12.3. The van der Waals surface area contributed by atoms with Crippen LogP contribution in [0.4, 0.5) is 0 Å². The average molecular weight is 252 g/mol. The van der Waals surface area contributed by atoms with Gasteiger partial charge in [-0.25, -0.2) is 0 Å². The largest absolute Gasteiger partial charge is 0.343 e. The molecule has 1 aliphatic heterocycles. The Hall–Kier alpha value is -1.06. The smallest absolute Gasteiger partial charge is 0.245 e. The second-order valence-electron chi connectivity index (χ2n) is 5.64. The second kappa shape index (κ2) is 5.72. The Balaban J connectivity index is 1.90. The van der Waals surface area contributed by atoms with Crippen molar-refractivity contribution in [3.8, 4) is 0 Å². The summed E-state index contributed by atoms with van der Waals surface area (Å²) < 4.78 is 0. The Morgan fingerprint density at radius 1 is 1.28 bits per heavy atom. The number of hydrogen-bond acceptors (Lipinski definition) is 2. The number of rotatable bonds is 6. The van der Waals surface area contributed by atoms with Gasteiger partial charge in [-0.2, -0.15) is 0 Å². The molecule has 0 bridgehead atoms. The first kappa shape index (κ1) is 13.4. The highest BCUT2D eigenvalue weighted by atomic mass is 16.2. The zero-order chi connectivity index (χ0) is 13.1. The van der Waals surface area contributed by atoms with Crippen LogP contribution in [-0.4, -0.2) is 35.3 Å². The van der Waals surface area contributed by atoms with E-state index in [1.54, 1.807) is 4.90 Å². The lowest BCUT2D eigenvalue weighted by atomic mass is 10.0. The molecule has 2 amide bonds. The Morgan fingerprint density at radius 3 is 2.61 bits per heavy atom. The van der Waals surface area contributed by atoms with Crippen LogP contribution in [-0.2, 0) is 9.59 Å². The number of hydrogen-bond donors (Lipinski definition) is 1. The van der Waals surface area contributed by atoms with E-state index >= 15 is 0 Å². The third kappa shape index (κ3) is 3.03. The van der Waals surface area contributed by atoms with Crippen LogP contribution < -0.4 is 5.32 Å². The number of piperazine rings is 1. The number of carbonyl (C=O) groups is 2. The molecule has 1 N–H and O–H groups in total. The van der Waals surface area contributed by atoms with Crippen molar-refractivity contribution in [1.82, 2.24) is 10.2 Å². The number of carbonyl (C=O) groups excluding carboxylic acids is 2. The summed E-state index contributed by atoms with van der Waals surface area (Å²) >= 11 is 0. The van der Waals surface area contributed by atoms with Crippen molar-refractivity contribution in [3.05, 3.63) is 0 Å². The quantitative estimate of drug-likeness (QED) is 0.782. The third-order valence-electron chi connectivity index (χ3n) is 4.03. The van der Waals surface area contributed by atoms with Gasteiger partial charge in [-0.1, -0.05) is 26.2 Å². The van der Waals surface area contributed by atoms with E-state index < -0.39 is 0 Å². The molecule has 2 unspecified atom stereocenters. The summed E-state index contributed by atoms with van der Waals surface area (Å²) in [6, 6.07) is -0.593. The van der Waals surface area contributed by atoms with Crippen molar-refractivity contribution < 1.29 is 9.59 Å². The zero-order valence-electron chi connectivity index (χ0n) is 11.4. The van der Waals surface area contributed by atoms with E-state index in [0.29, 0.717) is 0 Å². The van der Waals surface area contributed by atoms with E-state index in [4.69, 9.17) is 0 Å². The number of amides is 2. The molecule has 2 aliphatic rings. The van der Waals surface area contributed by atoms with Crippen molar-refractivity contribution in [3.63, 3.8) is 0 Å². The molecule has 2 rings (SSSR count). The molecule has 0 aromatic rings. The minimum atomic E-state index is -0.301. The minimum Gasteiger partial charge on any atom is -0.343 e. The summed E-state index contributed by atoms with van der Waals surface area (Å²) in [6.07, 6.45) is 6.60. The van der Waals surface area contributed by atoms with Gasteiger partial charge < -0.3 is 10.2 Å². The summed E-state index contributed by atoms with van der Waals surface area (Å²) in [5.74, 6) is 1.000. The first-order chi connectivity index (χ1) is 8.63. The van der Waals surface area contributed by atoms with E-state index in [-0.39, 0.29) is 23.9 Å². The molecule has 2 fully saturated rings. The SMILES string of the molecule is CCCC1NC(=O)C(C)N(CCCC2CC2)C1=O. The summed E-state index contributed by atoms with van der Waals surface area (Å²) in [5, 5.41) is 2.83. The van der Waals surface area contributed by atoms with Crippen LogP contribution in [0.2, 0.25) is 0 Å². The molecule has 2 atom stereocenters. The molecule has 4 nitrogen and oxygen atoms in total. The second-order valence-corrected chi connectivity index (χ2v) is 5.64. The van der Waals surface area contributed by atoms with Crippen molar-refractivity contribution >= 4 is 11.8 Å². The van der Waals surface area contributed by atoms with Gasteiger partial charge in [-0.15, -0.1) is 0 Å². The topological polar surface area (TPSA) is 49.4 Å². The van der Waals surface area contributed by atoms with Gasteiger partial charge >= 0.3 is 0 Å². The Morgan fingerprint density at radius 2 is 2.00 bits per heavy atom. The van der Waals surface area contributed by atoms with E-state index in [2.05, 4.69) is 5.32 Å². The predicted molar refractivity (Wildman–Crippen MR) is 70.0 cm³/mol. The highest BCUT2D eigenvalue weighted by Gasteiger charge is 2.37. The van der Waals surface area contributed by atoms with Gasteiger partial charge in [-0.05, 0) is 32.1 Å². The summed E-state index contributed by atoms with van der Waals surface area (Å²) in [6.45, 7) is 4.60. The van der Waals surface area contributed by atoms with Crippen LogP contribution in [0.1, 0.15) is 52.4 Å². The molecule has 1 saturated heterocycles. The van der Waals surface area contributed by atoms with Gasteiger partial charge in [0.2, 0.25) is 11.8 Å². The van der Waals surface area contributed by atoms with E-state index in [1.165, 1.54) is 19.3 Å². The molecule has 102 valence electrons. The minimum absolute atomic E-state index is 0.000489. The summed E-state index contributed by atoms with van der Waals surface area (Å²) in [5.41, 5.74) is 0. The van der Waals surface area contributed by atoms with Crippen molar-refractivity contribution in [2.45, 2.75) is 64.5 Å². The van der Waals surface area contributed by atoms with Crippen molar-refractivity contribution in [1.29, 1.82) is 0 Å². The lowest BCUT2D eigenvalue weighted by Crippen LogP contribution is -2.62. The first-order valence-corrected chi connectivity index (χ1v) is 7.24. The van der Waals surface area contributed by atoms with E-state index in [0.717, 1.165) is 31.7 Å². The molecule has 1 saturated carbocycles. The van der Waals surface area contributed by atoms with E-state index in [1.807, 2.05) is 13.8 Å². The fourth-order valence-corrected chi connectivity index (χ4v) is 2.63. The van der Waals surface area contributed by atoms with Gasteiger partial charge in [0.25, 0.3) is 0 Å². The fraction of sp³-hybridized carbons (Fsp3) is 0.857. The van der Waals surface area contributed by atoms with Gasteiger partial charge in [0, 0.05) is 6.54 Å². The average Bonchev–Trinajstić information content (AvgIpc) is 3.15. The van der Waals surface area contributed by atoms with Gasteiger partial charge in [-0.3, -0.25) is 9.59 Å². The fourth-order valence-electron chi connectivity index (χ4n) is 2.63. The van der Waals surface area contributed by atoms with Crippen LogP contribution in [0.3, 0.4) is 0 Å². The Kier molecular flexibility index (Phi) is 4.25. The normalized spacial score (nSPS) is 28.4. The van der Waals surface area contributed by atoms with Crippen LogP contribution in [0.5, 0.6) is 0 Å². The van der Waals surface area contributed by atoms with Gasteiger partial charge in [0.05, 0.1) is 0 Å². The standard InChI is InChI=1S/C14H24N2O2/c1-3-5-12-14(18)16(10(2)13(17)15-12)9-4-6-11-7-8-11/h10-12H,3-9H2,1-2H3,(H,15,17). The Bertz CT molecular complexity index is 326. The van der Waals surface area contributed by atoms with Crippen molar-refractivity contribution in [2.24, 2.45) is 5.92 Å². The molecule has 0 aromatic heterocycles. The third-order valence-corrected chi connectivity index (χ3v) is 4.03. The first-order valence-electron chi connectivity index (χ1n) is 7.24. The maximum atomic E-state index is 12.3. The predicted octanol–water partition coefficient (Wildman–Crippen LogP) is 1.69. The van der Waals surface area contributed by atoms with Crippen LogP contribution >= 0.6 is 0 Å². The van der Waals surface area contributed by atoms with Crippen molar-refractivity contribution in [2.75, 3.05) is 6.54 Å². The highest BCUT2D eigenvalue weighted by Crippen LogP contribution is 2.33. The molecule has 1 heterocycles. The lowest BCUT2D eigenvalue weighted by molar-refractivity contribution is -0.148. The molecule has 4 heteroatoms. The zero-order valence-corrected chi connectivity index (χ0v) is 11.4. The monoisotopic (exact) mass is 252 g/mol. The number of nitrogens with one attached hydrogen (secondary N) is 1. The highest BCUT2D eigenvalue weighted by molar-refractivity contribution is 5.96. The van der Waals surface area contributed by atoms with Crippen LogP contribution in [0.25, 0.3) is 0 Å². The van der Waals surface area contributed by atoms with Gasteiger partial charge in [0.15, 0.2) is 0 Å². The van der Waals surface area contributed by atoms with E-state index in [9.17, 15) is 9.59 Å². The number of nitrogens with zero attached hydrogens (tertiary/aromatic N) is 1. The summed E-state index contributed by atoms with van der Waals surface area (Å²) in [4.78, 5) is 25.9. The van der Waals surface area contributed by atoms with Crippen LogP contribution in [0, 0.1) is 5.92 Å². The van der Waals surface area contributed by atoms with Gasteiger partial charge in [0.1, 0.15) is 12.1 Å². The molecule has 0 radical (unpaired) electrons.